The van der Waals surface area contributed by atoms with E-state index in [1.54, 1.807) is 17.5 Å². The number of nitrogens with two attached hydrogens (primary N) is 1. The normalized spacial score (nSPS) is 11.3. The molecule has 2 heterocycles. The van der Waals surface area contributed by atoms with Gasteiger partial charge in [-0.15, -0.1) is 11.3 Å². The molecule has 0 aliphatic carbocycles. The van der Waals surface area contributed by atoms with Gasteiger partial charge in [-0.1, -0.05) is 6.07 Å². The molecule has 96 valence electrons. The molecule has 3 nitrogen and oxygen atoms in total. The van der Waals surface area contributed by atoms with Crippen LogP contribution in [-0.4, -0.2) is 15.9 Å². The second-order valence-corrected chi connectivity index (χ2v) is 5.69. The van der Waals surface area contributed by atoms with Gasteiger partial charge in [-0.3, -0.25) is 9.88 Å². The summed E-state index contributed by atoms with van der Waals surface area (Å²) in [4.78, 5) is 8.16. The molecule has 0 fully saturated rings. The lowest BCUT2D eigenvalue weighted by Gasteiger charge is -2.25. The Hall–Kier alpha value is -1.39. The number of nitrogens with zero attached hydrogens (tertiary/aromatic N) is 2. The predicted molar refractivity (Wildman–Crippen MR) is 77.4 cm³/mol. The minimum Gasteiger partial charge on any atom is -0.397 e. The largest absolute Gasteiger partial charge is 0.397 e. The van der Waals surface area contributed by atoms with Crippen molar-refractivity contribution in [1.82, 2.24) is 9.88 Å². The monoisotopic (exact) mass is 261 g/mol. The molecule has 0 saturated carbocycles. The summed E-state index contributed by atoms with van der Waals surface area (Å²) in [7, 11) is 0. The van der Waals surface area contributed by atoms with Crippen LogP contribution in [0.4, 0.5) is 5.69 Å². The second kappa shape index (κ2) is 5.98. The summed E-state index contributed by atoms with van der Waals surface area (Å²) in [6.45, 7) is 6.26. The number of anilines is 1. The van der Waals surface area contributed by atoms with Crippen LogP contribution in [0.25, 0.3) is 0 Å². The fourth-order valence-electron chi connectivity index (χ4n) is 1.76. The van der Waals surface area contributed by atoms with Crippen molar-refractivity contribution in [3.63, 3.8) is 0 Å². The van der Waals surface area contributed by atoms with Gasteiger partial charge in [0.2, 0.25) is 0 Å². The number of thiophene rings is 1. The van der Waals surface area contributed by atoms with Gasteiger partial charge in [-0.25, -0.2) is 0 Å². The summed E-state index contributed by atoms with van der Waals surface area (Å²) >= 11 is 1.80. The van der Waals surface area contributed by atoms with Crippen LogP contribution in [0.3, 0.4) is 0 Å². The molecular formula is C14H19N3S. The van der Waals surface area contributed by atoms with Crippen molar-refractivity contribution in [2.45, 2.75) is 33.0 Å². The molecule has 0 spiro atoms. The van der Waals surface area contributed by atoms with Crippen LogP contribution in [0.5, 0.6) is 0 Å². The number of nitrogen functional groups attached to an aromatic ring is 1. The Balaban J connectivity index is 2.04. The Morgan fingerprint density at radius 2 is 2.11 bits per heavy atom. The van der Waals surface area contributed by atoms with Crippen LogP contribution in [0, 0.1) is 0 Å². The third-order valence-corrected chi connectivity index (χ3v) is 3.74. The lowest BCUT2D eigenvalue weighted by molar-refractivity contribution is 0.203. The summed E-state index contributed by atoms with van der Waals surface area (Å²) in [6.07, 6.45) is 1.72. The number of rotatable bonds is 5. The molecule has 0 saturated heterocycles. The summed E-state index contributed by atoms with van der Waals surface area (Å²) in [5.41, 5.74) is 7.43. The molecular weight excluding hydrogens is 242 g/mol. The highest BCUT2D eigenvalue weighted by Gasteiger charge is 2.12. The molecule has 0 bridgehead atoms. The van der Waals surface area contributed by atoms with Crippen LogP contribution < -0.4 is 5.73 Å². The van der Waals surface area contributed by atoms with Gasteiger partial charge in [0, 0.05) is 24.0 Å². The third-order valence-electron chi connectivity index (χ3n) is 2.88. The first-order valence-electron chi connectivity index (χ1n) is 6.12. The van der Waals surface area contributed by atoms with Gasteiger partial charge < -0.3 is 5.73 Å². The highest BCUT2D eigenvalue weighted by molar-refractivity contribution is 7.09. The fourth-order valence-corrected chi connectivity index (χ4v) is 2.49. The van der Waals surface area contributed by atoms with Crippen molar-refractivity contribution in [2.24, 2.45) is 0 Å². The van der Waals surface area contributed by atoms with E-state index in [4.69, 9.17) is 5.73 Å². The Bertz CT molecular complexity index is 462. The highest BCUT2D eigenvalue weighted by atomic mass is 32.1. The zero-order valence-electron chi connectivity index (χ0n) is 10.8. The minimum atomic E-state index is 0.492. The van der Waals surface area contributed by atoms with E-state index in [1.165, 1.54) is 4.88 Å². The zero-order valence-corrected chi connectivity index (χ0v) is 11.7. The molecule has 2 N–H and O–H groups in total. The maximum absolute atomic E-state index is 5.65. The van der Waals surface area contributed by atoms with Crippen molar-refractivity contribution in [1.29, 1.82) is 0 Å². The Morgan fingerprint density at radius 1 is 1.28 bits per heavy atom. The molecule has 0 unspecified atom stereocenters. The van der Waals surface area contributed by atoms with Crippen LogP contribution in [0.15, 0.2) is 35.8 Å². The first kappa shape index (κ1) is 13.1. The number of pyridine rings is 1. The minimum absolute atomic E-state index is 0.492. The summed E-state index contributed by atoms with van der Waals surface area (Å²) in [5.74, 6) is 0. The predicted octanol–water partition coefficient (Wildman–Crippen LogP) is 3.14. The van der Waals surface area contributed by atoms with Crippen LogP contribution in [0.1, 0.15) is 24.4 Å². The molecule has 0 aliphatic rings. The van der Waals surface area contributed by atoms with Crippen molar-refractivity contribution in [3.8, 4) is 0 Å². The Kier molecular flexibility index (Phi) is 4.33. The molecule has 2 aromatic rings. The first-order chi connectivity index (χ1) is 8.65. The molecule has 2 aromatic heterocycles. The lowest BCUT2D eigenvalue weighted by atomic mass is 10.2. The van der Waals surface area contributed by atoms with Crippen LogP contribution in [-0.2, 0) is 13.1 Å². The Morgan fingerprint density at radius 3 is 2.67 bits per heavy atom. The van der Waals surface area contributed by atoms with E-state index in [1.807, 2.05) is 12.1 Å². The van der Waals surface area contributed by atoms with Crippen LogP contribution in [0.2, 0.25) is 0 Å². The summed E-state index contributed by atoms with van der Waals surface area (Å²) in [6, 6.07) is 8.67. The number of aromatic nitrogens is 1. The number of hydrogen-bond donors (Lipinski definition) is 1. The third kappa shape index (κ3) is 3.55. The van der Waals surface area contributed by atoms with Gasteiger partial charge in [0.1, 0.15) is 0 Å². The van der Waals surface area contributed by atoms with E-state index in [-0.39, 0.29) is 0 Å². The van der Waals surface area contributed by atoms with E-state index in [2.05, 4.69) is 41.2 Å². The zero-order chi connectivity index (χ0) is 13.0. The number of hydrogen-bond acceptors (Lipinski definition) is 4. The van der Waals surface area contributed by atoms with Crippen molar-refractivity contribution >= 4 is 17.0 Å². The van der Waals surface area contributed by atoms with Gasteiger partial charge in [0.05, 0.1) is 17.6 Å². The van der Waals surface area contributed by atoms with E-state index < -0.39 is 0 Å². The molecule has 18 heavy (non-hydrogen) atoms. The molecule has 2 rings (SSSR count). The summed E-state index contributed by atoms with van der Waals surface area (Å²) < 4.78 is 0. The van der Waals surface area contributed by atoms with E-state index >= 15 is 0 Å². The first-order valence-corrected chi connectivity index (χ1v) is 7.00. The van der Waals surface area contributed by atoms with E-state index in [0.29, 0.717) is 11.7 Å². The van der Waals surface area contributed by atoms with Crippen molar-refractivity contribution < 1.29 is 0 Å². The standard InChI is InChI=1S/C14H19N3S/c1-11(2)17(10-14-4-3-7-18-14)9-13-6-5-12(15)8-16-13/h3-8,11H,9-10,15H2,1-2H3. The Labute approximate surface area is 112 Å². The van der Waals surface area contributed by atoms with Crippen molar-refractivity contribution in [3.05, 3.63) is 46.4 Å². The van der Waals surface area contributed by atoms with Crippen LogP contribution >= 0.6 is 11.3 Å². The smallest absolute Gasteiger partial charge is 0.0545 e. The van der Waals surface area contributed by atoms with E-state index in [0.717, 1.165) is 18.8 Å². The molecule has 0 aliphatic heterocycles. The topological polar surface area (TPSA) is 42.1 Å². The molecule has 4 heteroatoms. The van der Waals surface area contributed by atoms with Crippen molar-refractivity contribution in [2.75, 3.05) is 5.73 Å². The highest BCUT2D eigenvalue weighted by Crippen LogP contribution is 2.16. The second-order valence-electron chi connectivity index (χ2n) is 4.66. The van der Waals surface area contributed by atoms with Gasteiger partial charge in [0.15, 0.2) is 0 Å². The fraction of sp³-hybridized carbons (Fsp3) is 0.357. The molecule has 0 radical (unpaired) electrons. The lowest BCUT2D eigenvalue weighted by Crippen LogP contribution is -2.29. The van der Waals surface area contributed by atoms with Gasteiger partial charge in [-0.05, 0) is 37.4 Å². The summed E-state index contributed by atoms with van der Waals surface area (Å²) in [5, 5.41) is 2.12. The molecule has 0 amide bonds. The average Bonchev–Trinajstić information content (AvgIpc) is 2.84. The SMILES string of the molecule is CC(C)N(Cc1ccc(N)cn1)Cc1cccs1. The quantitative estimate of drug-likeness (QED) is 0.899. The molecule has 0 aromatic carbocycles. The average molecular weight is 261 g/mol. The van der Waals surface area contributed by atoms with Gasteiger partial charge >= 0.3 is 0 Å². The van der Waals surface area contributed by atoms with E-state index in [9.17, 15) is 0 Å². The molecule has 0 atom stereocenters. The maximum atomic E-state index is 5.65. The maximum Gasteiger partial charge on any atom is 0.0545 e. The van der Waals surface area contributed by atoms with Gasteiger partial charge in [-0.2, -0.15) is 0 Å². The van der Waals surface area contributed by atoms with Gasteiger partial charge in [0.25, 0.3) is 0 Å².